The average molecular weight is 358 g/mol. The molecule has 1 amide bonds. The second-order valence-electron chi connectivity index (χ2n) is 5.00. The molecule has 1 heterocycles. The van der Waals surface area contributed by atoms with Crippen molar-refractivity contribution < 1.29 is 9.21 Å². The van der Waals surface area contributed by atoms with Gasteiger partial charge in [0.1, 0.15) is 11.6 Å². The maximum absolute atomic E-state index is 12.3. The predicted molar refractivity (Wildman–Crippen MR) is 94.1 cm³/mol. The van der Waals surface area contributed by atoms with Crippen LogP contribution in [0.5, 0.6) is 0 Å². The van der Waals surface area contributed by atoms with Gasteiger partial charge in [0, 0.05) is 5.69 Å². The summed E-state index contributed by atoms with van der Waals surface area (Å²) >= 11 is 7.20. The Hall–Kier alpha value is -2.49. The van der Waals surface area contributed by atoms with Crippen LogP contribution in [0, 0.1) is 11.3 Å². The lowest BCUT2D eigenvalue weighted by Gasteiger charge is -2.10. The number of nitrogens with zero attached hydrogens (tertiary/aromatic N) is 2. The van der Waals surface area contributed by atoms with Crippen LogP contribution in [0.1, 0.15) is 12.5 Å². The molecule has 0 saturated heterocycles. The van der Waals surface area contributed by atoms with Gasteiger partial charge in [-0.2, -0.15) is 5.26 Å². The van der Waals surface area contributed by atoms with Gasteiger partial charge in [0.05, 0.1) is 15.8 Å². The van der Waals surface area contributed by atoms with Crippen molar-refractivity contribution in [2.24, 2.45) is 0 Å². The molecule has 7 heteroatoms. The van der Waals surface area contributed by atoms with Crippen molar-refractivity contribution in [2.45, 2.75) is 17.4 Å². The van der Waals surface area contributed by atoms with E-state index in [1.165, 1.54) is 11.8 Å². The third-order valence-electron chi connectivity index (χ3n) is 3.28. The van der Waals surface area contributed by atoms with Crippen LogP contribution >= 0.6 is 23.4 Å². The highest BCUT2D eigenvalue weighted by atomic mass is 35.5. The zero-order valence-electron chi connectivity index (χ0n) is 12.6. The minimum atomic E-state index is -0.410. The highest BCUT2D eigenvalue weighted by molar-refractivity contribution is 8.00. The number of fused-ring (bicyclic) bond motifs is 1. The Morgan fingerprint density at radius 2 is 2.17 bits per heavy atom. The predicted octanol–water partition coefficient (Wildman–Crippen LogP) is 4.47. The van der Waals surface area contributed by atoms with Crippen LogP contribution in [0.15, 0.2) is 52.1 Å². The van der Waals surface area contributed by atoms with Gasteiger partial charge >= 0.3 is 0 Å². The Balaban J connectivity index is 1.68. The number of para-hydroxylation sites is 2. The fourth-order valence-electron chi connectivity index (χ4n) is 2.03. The molecule has 1 unspecified atom stereocenters. The van der Waals surface area contributed by atoms with Crippen LogP contribution in [0.2, 0.25) is 5.02 Å². The summed E-state index contributed by atoms with van der Waals surface area (Å²) < 4.78 is 5.60. The van der Waals surface area contributed by atoms with E-state index in [9.17, 15) is 4.79 Å². The Bertz CT molecular complexity index is 915. The summed E-state index contributed by atoms with van der Waals surface area (Å²) in [6.07, 6.45) is 0. The first-order valence-corrected chi connectivity index (χ1v) is 8.35. The minimum Gasteiger partial charge on any atom is -0.431 e. The number of rotatable bonds is 4. The van der Waals surface area contributed by atoms with Gasteiger partial charge in [-0.25, -0.2) is 4.98 Å². The number of halogens is 1. The molecular weight excluding hydrogens is 346 g/mol. The smallest absolute Gasteiger partial charge is 0.257 e. The van der Waals surface area contributed by atoms with Crippen molar-refractivity contribution in [1.29, 1.82) is 5.26 Å². The van der Waals surface area contributed by atoms with E-state index in [1.807, 2.05) is 30.3 Å². The van der Waals surface area contributed by atoms with E-state index in [0.29, 0.717) is 27.1 Å². The van der Waals surface area contributed by atoms with E-state index in [2.05, 4.69) is 10.3 Å². The number of hydrogen-bond donors (Lipinski definition) is 1. The van der Waals surface area contributed by atoms with Crippen molar-refractivity contribution in [2.75, 3.05) is 5.32 Å². The summed E-state index contributed by atoms with van der Waals surface area (Å²) in [6.45, 7) is 1.76. The zero-order valence-corrected chi connectivity index (χ0v) is 14.2. The van der Waals surface area contributed by atoms with Gasteiger partial charge in [0.2, 0.25) is 5.91 Å². The maximum atomic E-state index is 12.3. The average Bonchev–Trinajstić information content (AvgIpc) is 2.97. The second-order valence-corrected chi connectivity index (χ2v) is 6.70. The van der Waals surface area contributed by atoms with E-state index in [0.717, 1.165) is 5.52 Å². The number of amides is 1. The molecule has 1 N–H and O–H groups in total. The molecule has 0 bridgehead atoms. The second kappa shape index (κ2) is 6.95. The van der Waals surface area contributed by atoms with Gasteiger partial charge in [-0.3, -0.25) is 4.79 Å². The van der Waals surface area contributed by atoms with Gasteiger partial charge in [-0.05, 0) is 37.3 Å². The van der Waals surface area contributed by atoms with E-state index in [-0.39, 0.29) is 5.91 Å². The lowest BCUT2D eigenvalue weighted by Crippen LogP contribution is -2.22. The van der Waals surface area contributed by atoms with Crippen LogP contribution in [0.25, 0.3) is 11.1 Å². The monoisotopic (exact) mass is 357 g/mol. The molecule has 3 rings (SSSR count). The number of benzene rings is 2. The molecular formula is C17H12ClN3O2S. The number of hydrogen-bond acceptors (Lipinski definition) is 5. The largest absolute Gasteiger partial charge is 0.431 e. The molecule has 3 aromatic rings. The van der Waals surface area contributed by atoms with Crippen LogP contribution in [-0.2, 0) is 4.79 Å². The Labute approximate surface area is 147 Å². The number of nitriles is 1. The normalized spacial score (nSPS) is 11.9. The third kappa shape index (κ3) is 3.53. The lowest BCUT2D eigenvalue weighted by atomic mass is 10.2. The van der Waals surface area contributed by atoms with Gasteiger partial charge in [0.15, 0.2) is 5.58 Å². The third-order valence-corrected chi connectivity index (χ3v) is 4.53. The van der Waals surface area contributed by atoms with Crippen molar-refractivity contribution in [3.8, 4) is 6.07 Å². The summed E-state index contributed by atoms with van der Waals surface area (Å²) in [7, 11) is 0. The molecule has 0 radical (unpaired) electrons. The zero-order chi connectivity index (χ0) is 17.1. The SMILES string of the molecule is CC(Sc1nc2ccccc2o1)C(=O)Nc1ccc(C#N)c(Cl)c1. The number of thioether (sulfide) groups is 1. The molecule has 0 saturated carbocycles. The Kier molecular flexibility index (Phi) is 4.74. The first-order valence-electron chi connectivity index (χ1n) is 7.09. The summed E-state index contributed by atoms with van der Waals surface area (Å²) in [6, 6.07) is 14.2. The van der Waals surface area contributed by atoms with Crippen LogP contribution in [0.3, 0.4) is 0 Å². The van der Waals surface area contributed by atoms with E-state index in [4.69, 9.17) is 21.3 Å². The molecule has 0 spiro atoms. The summed E-state index contributed by atoms with van der Waals surface area (Å²) in [5, 5.41) is 12.0. The molecule has 0 aliphatic rings. The molecule has 2 aromatic carbocycles. The van der Waals surface area contributed by atoms with Gasteiger partial charge in [0.25, 0.3) is 5.22 Å². The van der Waals surface area contributed by atoms with Crippen molar-refractivity contribution in [3.05, 3.63) is 53.1 Å². The quantitative estimate of drug-likeness (QED) is 0.697. The number of carbonyl (C=O) groups excluding carboxylic acids is 1. The summed E-state index contributed by atoms with van der Waals surface area (Å²) in [5.74, 6) is -0.206. The van der Waals surface area contributed by atoms with Gasteiger partial charge in [-0.1, -0.05) is 35.5 Å². The topological polar surface area (TPSA) is 78.9 Å². The van der Waals surface area contributed by atoms with Crippen molar-refractivity contribution in [1.82, 2.24) is 4.98 Å². The molecule has 0 aliphatic heterocycles. The molecule has 24 heavy (non-hydrogen) atoms. The van der Waals surface area contributed by atoms with Crippen molar-refractivity contribution >= 4 is 46.1 Å². The van der Waals surface area contributed by atoms with Crippen LogP contribution in [0.4, 0.5) is 5.69 Å². The van der Waals surface area contributed by atoms with E-state index >= 15 is 0 Å². The summed E-state index contributed by atoms with van der Waals surface area (Å²) in [4.78, 5) is 16.6. The first-order chi connectivity index (χ1) is 11.6. The lowest BCUT2D eigenvalue weighted by molar-refractivity contribution is -0.115. The molecule has 1 aromatic heterocycles. The van der Waals surface area contributed by atoms with Crippen LogP contribution < -0.4 is 5.32 Å². The minimum absolute atomic E-state index is 0.206. The van der Waals surface area contributed by atoms with E-state index in [1.54, 1.807) is 25.1 Å². The number of aromatic nitrogens is 1. The first kappa shape index (κ1) is 16.4. The summed E-state index contributed by atoms with van der Waals surface area (Å²) in [5.41, 5.74) is 2.34. The molecule has 120 valence electrons. The molecule has 5 nitrogen and oxygen atoms in total. The number of carbonyl (C=O) groups is 1. The fourth-order valence-corrected chi connectivity index (χ4v) is 3.01. The number of anilines is 1. The Morgan fingerprint density at radius 1 is 1.38 bits per heavy atom. The number of oxazole rings is 1. The van der Waals surface area contributed by atoms with Gasteiger partial charge in [-0.15, -0.1) is 0 Å². The highest BCUT2D eigenvalue weighted by Crippen LogP contribution is 2.27. The van der Waals surface area contributed by atoms with Gasteiger partial charge < -0.3 is 9.73 Å². The molecule has 1 atom stereocenters. The number of nitrogens with one attached hydrogen (secondary N) is 1. The Morgan fingerprint density at radius 3 is 2.88 bits per heavy atom. The maximum Gasteiger partial charge on any atom is 0.257 e. The van der Waals surface area contributed by atoms with Crippen LogP contribution in [-0.4, -0.2) is 16.1 Å². The van der Waals surface area contributed by atoms with Crippen molar-refractivity contribution in [3.63, 3.8) is 0 Å². The fraction of sp³-hybridized carbons (Fsp3) is 0.118. The molecule has 0 aliphatic carbocycles. The van der Waals surface area contributed by atoms with E-state index < -0.39 is 5.25 Å². The standard InChI is InChI=1S/C17H12ClN3O2S/c1-10(24-17-21-14-4-2-3-5-15(14)23-17)16(22)20-12-7-6-11(9-19)13(18)8-12/h2-8,10H,1H3,(H,20,22). The molecule has 0 fully saturated rings. The highest BCUT2D eigenvalue weighted by Gasteiger charge is 2.18.